The molecular formula is C21H25ClN4O2. The third-order valence-electron chi connectivity index (χ3n) is 5.66. The molecule has 148 valence electrons. The number of halogens is 1. The van der Waals surface area contributed by atoms with E-state index in [4.69, 9.17) is 11.6 Å². The van der Waals surface area contributed by atoms with Crippen molar-refractivity contribution in [1.82, 2.24) is 15.1 Å². The van der Waals surface area contributed by atoms with Crippen molar-refractivity contribution in [1.29, 1.82) is 0 Å². The van der Waals surface area contributed by atoms with Crippen LogP contribution in [-0.2, 0) is 4.79 Å². The third kappa shape index (κ3) is 4.22. The monoisotopic (exact) mass is 400 g/mol. The number of amides is 1. The summed E-state index contributed by atoms with van der Waals surface area (Å²) in [4.78, 5) is 27.1. The van der Waals surface area contributed by atoms with Gasteiger partial charge >= 0.3 is 0 Å². The molecule has 2 aromatic rings. The van der Waals surface area contributed by atoms with Crippen LogP contribution in [0.5, 0.6) is 0 Å². The number of nitrogens with zero attached hydrogens (tertiary/aromatic N) is 3. The number of benzene rings is 1. The Bertz CT molecular complexity index is 907. The average molecular weight is 401 g/mol. The van der Waals surface area contributed by atoms with Crippen LogP contribution >= 0.6 is 11.6 Å². The number of hydrogen-bond acceptors (Lipinski definition) is 4. The lowest BCUT2D eigenvalue weighted by atomic mass is 9.96. The van der Waals surface area contributed by atoms with Crippen molar-refractivity contribution in [3.63, 3.8) is 0 Å². The number of hydrogen-bond donors (Lipinski definition) is 1. The van der Waals surface area contributed by atoms with E-state index in [9.17, 15) is 9.59 Å². The molecule has 1 atom stereocenters. The number of nitrogens with one attached hydrogen (secondary N) is 1. The second kappa shape index (κ2) is 8.35. The lowest BCUT2D eigenvalue weighted by molar-refractivity contribution is -0.125. The molecule has 2 aliphatic rings. The van der Waals surface area contributed by atoms with Crippen LogP contribution in [0.3, 0.4) is 0 Å². The van der Waals surface area contributed by atoms with Crippen molar-refractivity contribution in [3.05, 3.63) is 51.8 Å². The molecule has 28 heavy (non-hydrogen) atoms. The first-order chi connectivity index (χ1) is 13.6. The number of piperidine rings is 1. The van der Waals surface area contributed by atoms with Gasteiger partial charge in [0.15, 0.2) is 0 Å². The van der Waals surface area contributed by atoms with Crippen LogP contribution in [0.1, 0.15) is 38.5 Å². The minimum atomic E-state index is -0.210. The number of anilines is 1. The van der Waals surface area contributed by atoms with E-state index in [-0.39, 0.29) is 17.4 Å². The van der Waals surface area contributed by atoms with Gasteiger partial charge in [-0.15, -0.1) is 5.10 Å². The number of rotatable bonds is 4. The Hall–Kier alpha value is -2.34. The Balaban J connectivity index is 1.51. The van der Waals surface area contributed by atoms with Crippen LogP contribution < -0.4 is 15.8 Å². The molecule has 1 aromatic heterocycles. The SMILES string of the molecule is O=C(NC1CCCC1)[C@@H]1CCCN(c2ccc(=O)n(-c3cccc(Cl)c3)n2)C1. The second-order valence-electron chi connectivity index (χ2n) is 7.70. The largest absolute Gasteiger partial charge is 0.354 e. The van der Waals surface area contributed by atoms with E-state index in [0.717, 1.165) is 32.2 Å². The van der Waals surface area contributed by atoms with Crippen LogP contribution in [0.2, 0.25) is 5.02 Å². The highest BCUT2D eigenvalue weighted by atomic mass is 35.5. The van der Waals surface area contributed by atoms with Gasteiger partial charge in [-0.3, -0.25) is 9.59 Å². The summed E-state index contributed by atoms with van der Waals surface area (Å²) < 4.78 is 1.36. The number of carbonyl (C=O) groups is 1. The van der Waals surface area contributed by atoms with Gasteiger partial charge in [-0.2, -0.15) is 4.68 Å². The Morgan fingerprint density at radius 2 is 1.93 bits per heavy atom. The Labute approximate surface area is 169 Å². The summed E-state index contributed by atoms with van der Waals surface area (Å²) in [6, 6.07) is 10.7. The molecular weight excluding hydrogens is 376 g/mol. The maximum atomic E-state index is 12.7. The van der Waals surface area contributed by atoms with Crippen LogP contribution in [-0.4, -0.2) is 34.8 Å². The molecule has 7 heteroatoms. The first kappa shape index (κ1) is 19.0. The molecule has 1 aliphatic heterocycles. The van der Waals surface area contributed by atoms with Crippen LogP contribution in [0.4, 0.5) is 5.82 Å². The van der Waals surface area contributed by atoms with Gasteiger partial charge in [-0.1, -0.05) is 30.5 Å². The molecule has 0 spiro atoms. The highest BCUT2D eigenvalue weighted by molar-refractivity contribution is 6.30. The normalized spacial score (nSPS) is 20.3. The summed E-state index contributed by atoms with van der Waals surface area (Å²) in [5.41, 5.74) is 0.422. The topological polar surface area (TPSA) is 67.2 Å². The van der Waals surface area contributed by atoms with Crippen molar-refractivity contribution in [2.45, 2.75) is 44.6 Å². The Kier molecular flexibility index (Phi) is 5.67. The van der Waals surface area contributed by atoms with Crippen LogP contribution in [0.25, 0.3) is 5.69 Å². The smallest absolute Gasteiger partial charge is 0.271 e. The molecule has 0 radical (unpaired) electrons. The molecule has 6 nitrogen and oxygen atoms in total. The second-order valence-corrected chi connectivity index (χ2v) is 8.13. The quantitative estimate of drug-likeness (QED) is 0.856. The molecule has 2 heterocycles. The zero-order valence-corrected chi connectivity index (χ0v) is 16.6. The van der Waals surface area contributed by atoms with Crippen molar-refractivity contribution in [2.75, 3.05) is 18.0 Å². The van der Waals surface area contributed by atoms with Crippen molar-refractivity contribution in [2.24, 2.45) is 5.92 Å². The van der Waals surface area contributed by atoms with Gasteiger partial charge in [-0.25, -0.2) is 0 Å². The van der Waals surface area contributed by atoms with E-state index in [1.54, 1.807) is 30.3 Å². The molecule has 1 saturated carbocycles. The van der Waals surface area contributed by atoms with Gasteiger partial charge in [0.2, 0.25) is 5.91 Å². The molecule has 1 aromatic carbocycles. The minimum Gasteiger partial charge on any atom is -0.354 e. The van der Waals surface area contributed by atoms with Crippen molar-refractivity contribution >= 4 is 23.3 Å². The highest BCUT2D eigenvalue weighted by Crippen LogP contribution is 2.23. The highest BCUT2D eigenvalue weighted by Gasteiger charge is 2.29. The Morgan fingerprint density at radius 1 is 1.11 bits per heavy atom. The first-order valence-corrected chi connectivity index (χ1v) is 10.4. The van der Waals surface area contributed by atoms with E-state index >= 15 is 0 Å². The maximum Gasteiger partial charge on any atom is 0.271 e. The molecule has 0 bridgehead atoms. The lowest BCUT2D eigenvalue weighted by Gasteiger charge is -2.33. The summed E-state index contributed by atoms with van der Waals surface area (Å²) in [6.07, 6.45) is 6.42. The molecule has 4 rings (SSSR count). The Morgan fingerprint density at radius 3 is 2.71 bits per heavy atom. The molecule has 1 aliphatic carbocycles. The van der Waals surface area contributed by atoms with E-state index in [0.29, 0.717) is 29.1 Å². The summed E-state index contributed by atoms with van der Waals surface area (Å²) in [6.45, 7) is 1.45. The van der Waals surface area contributed by atoms with E-state index in [2.05, 4.69) is 15.3 Å². The molecule has 1 amide bonds. The van der Waals surface area contributed by atoms with Gasteiger partial charge in [0.05, 0.1) is 11.6 Å². The fourth-order valence-electron chi connectivity index (χ4n) is 4.15. The summed E-state index contributed by atoms with van der Waals surface area (Å²) >= 11 is 6.06. The van der Waals surface area contributed by atoms with Gasteiger partial charge < -0.3 is 10.2 Å². The average Bonchev–Trinajstić information content (AvgIpc) is 3.21. The summed E-state index contributed by atoms with van der Waals surface area (Å²) in [5.74, 6) is 0.820. The maximum absolute atomic E-state index is 12.7. The van der Waals surface area contributed by atoms with Gasteiger partial charge in [0.25, 0.3) is 5.56 Å². The molecule has 0 unspecified atom stereocenters. The fourth-order valence-corrected chi connectivity index (χ4v) is 4.34. The molecule has 2 fully saturated rings. The van der Waals surface area contributed by atoms with Gasteiger partial charge in [0.1, 0.15) is 5.82 Å². The van der Waals surface area contributed by atoms with Crippen molar-refractivity contribution in [3.8, 4) is 5.69 Å². The van der Waals surface area contributed by atoms with Crippen LogP contribution in [0.15, 0.2) is 41.2 Å². The van der Waals surface area contributed by atoms with Gasteiger partial charge in [0, 0.05) is 30.2 Å². The third-order valence-corrected chi connectivity index (χ3v) is 5.89. The predicted octanol–water partition coefficient (Wildman–Crippen LogP) is 3.16. The summed E-state index contributed by atoms with van der Waals surface area (Å²) in [7, 11) is 0. The molecule has 1 N–H and O–H groups in total. The summed E-state index contributed by atoms with van der Waals surface area (Å²) in [5, 5.41) is 8.32. The lowest BCUT2D eigenvalue weighted by Crippen LogP contribution is -2.46. The first-order valence-electron chi connectivity index (χ1n) is 10.0. The van der Waals surface area contributed by atoms with Crippen molar-refractivity contribution < 1.29 is 4.79 Å². The molecule has 1 saturated heterocycles. The number of carbonyl (C=O) groups excluding carboxylic acids is 1. The van der Waals surface area contributed by atoms with E-state index in [1.165, 1.54) is 23.6 Å². The zero-order chi connectivity index (χ0) is 19.5. The minimum absolute atomic E-state index is 0.0392. The van der Waals surface area contributed by atoms with E-state index < -0.39 is 0 Å². The zero-order valence-electron chi connectivity index (χ0n) is 15.8. The van der Waals surface area contributed by atoms with Crippen LogP contribution in [0, 0.1) is 5.92 Å². The fraction of sp³-hybridized carbons (Fsp3) is 0.476. The number of aromatic nitrogens is 2. The van der Waals surface area contributed by atoms with E-state index in [1.807, 2.05) is 0 Å². The predicted molar refractivity (Wildman–Crippen MR) is 110 cm³/mol. The van der Waals surface area contributed by atoms with Gasteiger partial charge in [-0.05, 0) is 49.9 Å². The standard InChI is InChI=1S/C21H25ClN4O2/c22-16-6-3-9-18(13-16)26-20(27)11-10-19(24-26)25-12-4-5-15(14-25)21(28)23-17-7-1-2-8-17/h3,6,9-11,13,15,17H,1-2,4-5,7-8,12,14H2,(H,23,28)/t15-/m1/s1.